The minimum atomic E-state index is 0.891. The molecule has 0 fully saturated rings. The van der Waals surface area contributed by atoms with Crippen molar-refractivity contribution in [1.82, 2.24) is 15.4 Å². The summed E-state index contributed by atoms with van der Waals surface area (Å²) in [5.74, 6) is 0. The van der Waals surface area contributed by atoms with Crippen LogP contribution in [-0.2, 0) is 0 Å². The lowest BCUT2D eigenvalue weighted by atomic mass is 10.4. The highest BCUT2D eigenvalue weighted by molar-refractivity contribution is 7.99. The van der Waals surface area contributed by atoms with E-state index in [1.54, 1.807) is 29.7 Å². The van der Waals surface area contributed by atoms with Gasteiger partial charge in [-0.2, -0.15) is 10.3 Å². The highest BCUT2D eigenvalue weighted by Crippen LogP contribution is 2.26. The first-order chi connectivity index (χ1) is 6.88. The van der Waals surface area contributed by atoms with E-state index < -0.39 is 0 Å². The molecule has 3 nitrogen and oxygen atoms in total. The predicted molar refractivity (Wildman–Crippen MR) is 58.7 cm³/mol. The maximum Gasteiger partial charge on any atom is 0.143 e. The van der Waals surface area contributed by atoms with Crippen LogP contribution in [0.15, 0.2) is 45.3 Å². The zero-order valence-electron chi connectivity index (χ0n) is 7.60. The Morgan fingerprint density at radius 3 is 2.43 bits per heavy atom. The number of rotatable bonds is 3. The number of nitrogens with zero attached hydrogens (tertiary/aromatic N) is 2. The molecule has 0 atom stereocenters. The first-order valence-corrected chi connectivity index (χ1v) is 6.10. The zero-order chi connectivity index (χ0) is 9.80. The van der Waals surface area contributed by atoms with Crippen molar-refractivity contribution in [3.05, 3.63) is 30.5 Å². The van der Waals surface area contributed by atoms with E-state index >= 15 is 0 Å². The summed E-state index contributed by atoms with van der Waals surface area (Å²) in [5.41, 5.74) is 0. The lowest BCUT2D eigenvalue weighted by Crippen LogP contribution is -1.74. The number of aromatic nitrogens is 3. The lowest BCUT2D eigenvalue weighted by molar-refractivity contribution is 0.911. The number of aromatic amines is 1. The van der Waals surface area contributed by atoms with Crippen molar-refractivity contribution in [2.75, 3.05) is 6.26 Å². The second-order valence-electron chi connectivity index (χ2n) is 2.59. The van der Waals surface area contributed by atoms with Gasteiger partial charge in [-0.3, -0.25) is 0 Å². The zero-order valence-corrected chi connectivity index (χ0v) is 9.23. The Morgan fingerprint density at radius 2 is 1.86 bits per heavy atom. The van der Waals surface area contributed by atoms with Gasteiger partial charge >= 0.3 is 0 Å². The second-order valence-corrected chi connectivity index (χ2v) is 4.56. The van der Waals surface area contributed by atoms with Gasteiger partial charge in [0.1, 0.15) is 5.03 Å². The van der Waals surface area contributed by atoms with E-state index in [9.17, 15) is 0 Å². The molecule has 0 aliphatic rings. The molecule has 5 heteroatoms. The summed E-state index contributed by atoms with van der Waals surface area (Å²) < 4.78 is 0. The van der Waals surface area contributed by atoms with E-state index in [1.807, 2.05) is 0 Å². The van der Waals surface area contributed by atoms with E-state index in [0.717, 1.165) is 5.03 Å². The summed E-state index contributed by atoms with van der Waals surface area (Å²) in [6.07, 6.45) is 3.78. The molecule has 1 aromatic carbocycles. The van der Waals surface area contributed by atoms with Crippen LogP contribution in [-0.4, -0.2) is 21.7 Å². The summed E-state index contributed by atoms with van der Waals surface area (Å²) in [7, 11) is 0. The molecule has 0 amide bonds. The molecule has 0 saturated carbocycles. The molecule has 2 rings (SSSR count). The third kappa shape index (κ3) is 2.30. The highest BCUT2D eigenvalue weighted by atomic mass is 32.2. The molecule has 0 bridgehead atoms. The van der Waals surface area contributed by atoms with Crippen molar-refractivity contribution >= 4 is 23.5 Å². The minimum Gasteiger partial charge on any atom is -0.197 e. The Kier molecular flexibility index (Phi) is 3.10. The minimum absolute atomic E-state index is 0.891. The maximum atomic E-state index is 3.98. The number of hydrogen-bond donors (Lipinski definition) is 1. The van der Waals surface area contributed by atoms with Gasteiger partial charge in [-0.1, -0.05) is 11.8 Å². The Morgan fingerprint density at radius 1 is 1.14 bits per heavy atom. The van der Waals surface area contributed by atoms with Crippen LogP contribution in [0.25, 0.3) is 0 Å². The summed E-state index contributed by atoms with van der Waals surface area (Å²) in [6, 6.07) is 8.39. The summed E-state index contributed by atoms with van der Waals surface area (Å²) in [6.45, 7) is 0. The summed E-state index contributed by atoms with van der Waals surface area (Å²) in [5, 5.41) is 11.2. The fourth-order valence-electron chi connectivity index (χ4n) is 1.00. The standard InChI is InChI=1S/C9H9N3S2/c1-13-7-2-4-8(5-3-7)14-9-6-10-12-11-9/h2-6H,1H3,(H,10,11,12). The van der Waals surface area contributed by atoms with Crippen LogP contribution in [0.2, 0.25) is 0 Å². The Balaban J connectivity index is 2.10. The number of thioether (sulfide) groups is 1. The van der Waals surface area contributed by atoms with Crippen molar-refractivity contribution in [1.29, 1.82) is 0 Å². The van der Waals surface area contributed by atoms with Crippen molar-refractivity contribution in [2.45, 2.75) is 14.8 Å². The molecule has 14 heavy (non-hydrogen) atoms. The molecule has 1 heterocycles. The topological polar surface area (TPSA) is 41.6 Å². The fraction of sp³-hybridized carbons (Fsp3) is 0.111. The van der Waals surface area contributed by atoms with Gasteiger partial charge in [0.05, 0.1) is 6.20 Å². The second kappa shape index (κ2) is 4.52. The molecular formula is C9H9N3S2. The van der Waals surface area contributed by atoms with Crippen molar-refractivity contribution in [3.8, 4) is 0 Å². The molecule has 0 aliphatic heterocycles. The van der Waals surface area contributed by atoms with Gasteiger partial charge in [0.15, 0.2) is 0 Å². The predicted octanol–water partition coefficient (Wildman–Crippen LogP) is 2.68. The van der Waals surface area contributed by atoms with E-state index in [-0.39, 0.29) is 0 Å². The van der Waals surface area contributed by atoms with Crippen LogP contribution in [0.5, 0.6) is 0 Å². The Hall–Kier alpha value is -0.940. The normalized spacial score (nSPS) is 10.4. The van der Waals surface area contributed by atoms with Gasteiger partial charge < -0.3 is 0 Å². The van der Waals surface area contributed by atoms with Gasteiger partial charge in [-0.25, -0.2) is 0 Å². The Bertz CT molecular complexity index is 383. The van der Waals surface area contributed by atoms with E-state index in [1.165, 1.54) is 9.79 Å². The van der Waals surface area contributed by atoms with Gasteiger partial charge in [0.25, 0.3) is 0 Å². The van der Waals surface area contributed by atoms with Gasteiger partial charge in [0.2, 0.25) is 0 Å². The number of H-pyrrole nitrogens is 1. The van der Waals surface area contributed by atoms with Crippen LogP contribution in [0.4, 0.5) is 0 Å². The van der Waals surface area contributed by atoms with Crippen LogP contribution < -0.4 is 0 Å². The molecular weight excluding hydrogens is 214 g/mol. The third-order valence-electron chi connectivity index (χ3n) is 1.67. The third-order valence-corrected chi connectivity index (χ3v) is 3.33. The molecule has 1 aromatic heterocycles. The lowest BCUT2D eigenvalue weighted by Gasteiger charge is -1.98. The van der Waals surface area contributed by atoms with Crippen molar-refractivity contribution < 1.29 is 0 Å². The molecule has 2 aromatic rings. The highest BCUT2D eigenvalue weighted by Gasteiger charge is 1.99. The van der Waals surface area contributed by atoms with Crippen LogP contribution in [0.1, 0.15) is 0 Å². The first-order valence-electron chi connectivity index (χ1n) is 4.06. The number of nitrogens with one attached hydrogen (secondary N) is 1. The van der Waals surface area contributed by atoms with Gasteiger partial charge in [0, 0.05) is 9.79 Å². The van der Waals surface area contributed by atoms with Crippen molar-refractivity contribution in [3.63, 3.8) is 0 Å². The first kappa shape index (κ1) is 9.61. The van der Waals surface area contributed by atoms with E-state index in [2.05, 4.69) is 45.9 Å². The smallest absolute Gasteiger partial charge is 0.143 e. The quantitative estimate of drug-likeness (QED) is 0.812. The Labute approximate surface area is 90.7 Å². The molecule has 0 radical (unpaired) electrons. The largest absolute Gasteiger partial charge is 0.197 e. The van der Waals surface area contributed by atoms with E-state index in [0.29, 0.717) is 0 Å². The van der Waals surface area contributed by atoms with Crippen LogP contribution in [0, 0.1) is 0 Å². The average molecular weight is 223 g/mol. The van der Waals surface area contributed by atoms with Gasteiger partial charge in [-0.05, 0) is 30.5 Å². The number of hydrogen-bond acceptors (Lipinski definition) is 4. The molecule has 0 unspecified atom stereocenters. The van der Waals surface area contributed by atoms with Crippen molar-refractivity contribution in [2.24, 2.45) is 0 Å². The summed E-state index contributed by atoms with van der Waals surface area (Å²) >= 11 is 3.34. The summed E-state index contributed by atoms with van der Waals surface area (Å²) in [4.78, 5) is 2.45. The maximum absolute atomic E-state index is 3.98. The molecule has 0 spiro atoms. The fourth-order valence-corrected chi connectivity index (χ4v) is 2.12. The molecule has 0 saturated heterocycles. The van der Waals surface area contributed by atoms with Gasteiger partial charge in [-0.15, -0.1) is 16.9 Å². The number of benzene rings is 1. The molecule has 0 aliphatic carbocycles. The molecule has 1 N–H and O–H groups in total. The SMILES string of the molecule is CSc1ccc(Sc2cn[nH]n2)cc1. The molecule has 72 valence electrons. The average Bonchev–Trinajstić information content (AvgIpc) is 2.72. The van der Waals surface area contributed by atoms with Crippen LogP contribution >= 0.6 is 23.5 Å². The van der Waals surface area contributed by atoms with E-state index in [4.69, 9.17) is 0 Å². The monoisotopic (exact) mass is 223 g/mol. The van der Waals surface area contributed by atoms with Crippen LogP contribution in [0.3, 0.4) is 0 Å².